The van der Waals surface area contributed by atoms with Crippen LogP contribution in [0.4, 0.5) is 5.69 Å². The molecule has 2 aromatic carbocycles. The molecule has 2 aromatic rings. The van der Waals surface area contributed by atoms with Gasteiger partial charge in [-0.25, -0.2) is 0 Å². The molecule has 0 spiro atoms. The SMILES string of the molecule is C[C@H](OC(=O)CNC(=O)c1ccc(N2CCCC2=O)cc1)C(=O)NCc1ccccc1. The van der Waals surface area contributed by atoms with E-state index in [9.17, 15) is 19.2 Å². The highest BCUT2D eigenvalue weighted by Gasteiger charge is 2.22. The van der Waals surface area contributed by atoms with Crippen molar-refractivity contribution >= 4 is 29.4 Å². The molecule has 8 nitrogen and oxygen atoms in total. The lowest BCUT2D eigenvalue weighted by molar-refractivity contribution is -0.153. The molecule has 162 valence electrons. The van der Waals surface area contributed by atoms with E-state index in [1.54, 1.807) is 29.2 Å². The van der Waals surface area contributed by atoms with Crippen molar-refractivity contribution in [3.05, 3.63) is 65.7 Å². The standard InChI is InChI=1S/C23H25N3O5/c1-16(22(29)24-14-17-6-3-2-4-7-17)31-21(28)15-25-23(30)18-9-11-19(12-10-18)26-13-5-8-20(26)27/h2-4,6-7,9-12,16H,5,8,13-15H2,1H3,(H,24,29)(H,25,30)/t16-/m0/s1. The van der Waals surface area contributed by atoms with Gasteiger partial charge in [-0.2, -0.15) is 0 Å². The summed E-state index contributed by atoms with van der Waals surface area (Å²) in [5.41, 5.74) is 2.03. The summed E-state index contributed by atoms with van der Waals surface area (Å²) in [6, 6.07) is 16.0. The van der Waals surface area contributed by atoms with Gasteiger partial charge >= 0.3 is 5.97 Å². The monoisotopic (exact) mass is 423 g/mol. The Labute approximate surface area is 180 Å². The van der Waals surface area contributed by atoms with Crippen LogP contribution in [0, 0.1) is 0 Å². The number of hydrogen-bond donors (Lipinski definition) is 2. The molecular formula is C23H25N3O5. The van der Waals surface area contributed by atoms with Crippen molar-refractivity contribution in [3.63, 3.8) is 0 Å². The number of hydrogen-bond acceptors (Lipinski definition) is 5. The zero-order valence-corrected chi connectivity index (χ0v) is 17.3. The Bertz CT molecular complexity index is 943. The average molecular weight is 423 g/mol. The lowest BCUT2D eigenvalue weighted by atomic mass is 10.2. The van der Waals surface area contributed by atoms with Crippen LogP contribution >= 0.6 is 0 Å². The van der Waals surface area contributed by atoms with Crippen LogP contribution < -0.4 is 15.5 Å². The van der Waals surface area contributed by atoms with E-state index in [0.717, 1.165) is 17.7 Å². The molecular weight excluding hydrogens is 398 g/mol. The van der Waals surface area contributed by atoms with Gasteiger partial charge in [0.2, 0.25) is 5.91 Å². The fourth-order valence-electron chi connectivity index (χ4n) is 3.19. The molecule has 0 aliphatic carbocycles. The minimum Gasteiger partial charge on any atom is -0.451 e. The molecule has 3 amide bonds. The minimum atomic E-state index is -0.981. The van der Waals surface area contributed by atoms with Gasteiger partial charge in [-0.05, 0) is 43.2 Å². The van der Waals surface area contributed by atoms with Crippen molar-refractivity contribution in [1.29, 1.82) is 0 Å². The van der Waals surface area contributed by atoms with Crippen LogP contribution in [-0.4, -0.2) is 42.9 Å². The first kappa shape index (κ1) is 22.0. The number of ether oxygens (including phenoxy) is 1. The molecule has 0 unspecified atom stereocenters. The summed E-state index contributed by atoms with van der Waals surface area (Å²) in [5, 5.41) is 5.17. The van der Waals surface area contributed by atoms with Crippen molar-refractivity contribution in [3.8, 4) is 0 Å². The molecule has 0 saturated carbocycles. The number of benzene rings is 2. The number of rotatable bonds is 8. The Morgan fingerprint density at radius 1 is 1.03 bits per heavy atom. The van der Waals surface area contributed by atoms with Gasteiger partial charge in [-0.1, -0.05) is 30.3 Å². The van der Waals surface area contributed by atoms with E-state index < -0.39 is 23.9 Å². The molecule has 1 aliphatic heterocycles. The zero-order chi connectivity index (χ0) is 22.2. The van der Waals surface area contributed by atoms with Crippen molar-refractivity contribution in [2.75, 3.05) is 18.0 Å². The van der Waals surface area contributed by atoms with Crippen LogP contribution in [0.3, 0.4) is 0 Å². The second kappa shape index (κ2) is 10.4. The maximum Gasteiger partial charge on any atom is 0.326 e. The molecule has 3 rings (SSSR count). The number of carbonyl (C=O) groups is 4. The van der Waals surface area contributed by atoms with Crippen LogP contribution in [0.2, 0.25) is 0 Å². The van der Waals surface area contributed by atoms with Gasteiger partial charge < -0.3 is 20.3 Å². The Morgan fingerprint density at radius 2 is 1.74 bits per heavy atom. The van der Waals surface area contributed by atoms with Gasteiger partial charge in [0.15, 0.2) is 6.10 Å². The average Bonchev–Trinajstić information content (AvgIpc) is 3.22. The van der Waals surface area contributed by atoms with Gasteiger partial charge in [-0.15, -0.1) is 0 Å². The number of carbonyl (C=O) groups excluding carboxylic acids is 4. The highest BCUT2D eigenvalue weighted by Crippen LogP contribution is 2.21. The van der Waals surface area contributed by atoms with Crippen molar-refractivity contribution in [2.24, 2.45) is 0 Å². The van der Waals surface area contributed by atoms with E-state index in [1.165, 1.54) is 6.92 Å². The summed E-state index contributed by atoms with van der Waals surface area (Å²) in [5.74, 6) is -1.51. The Balaban J connectivity index is 1.41. The van der Waals surface area contributed by atoms with Gasteiger partial charge in [0.25, 0.3) is 11.8 Å². The van der Waals surface area contributed by atoms with Crippen LogP contribution in [0.1, 0.15) is 35.7 Å². The van der Waals surface area contributed by atoms with E-state index in [0.29, 0.717) is 25.1 Å². The van der Waals surface area contributed by atoms with Gasteiger partial charge in [0.1, 0.15) is 6.54 Å². The van der Waals surface area contributed by atoms with Crippen LogP contribution in [0.15, 0.2) is 54.6 Å². The third kappa shape index (κ3) is 6.15. The first-order valence-corrected chi connectivity index (χ1v) is 10.1. The van der Waals surface area contributed by atoms with Crippen molar-refractivity contribution in [2.45, 2.75) is 32.4 Å². The summed E-state index contributed by atoms with van der Waals surface area (Å²) in [4.78, 5) is 49.8. The van der Waals surface area contributed by atoms with Crippen LogP contribution in [0.5, 0.6) is 0 Å². The van der Waals surface area contributed by atoms with E-state index in [2.05, 4.69) is 10.6 Å². The normalized spacial score (nSPS) is 14.1. The molecule has 1 saturated heterocycles. The van der Waals surface area contributed by atoms with Crippen molar-refractivity contribution in [1.82, 2.24) is 10.6 Å². The molecule has 8 heteroatoms. The van der Waals surface area contributed by atoms with E-state index in [-0.39, 0.29) is 12.5 Å². The predicted octanol–water partition coefficient (Wildman–Crippen LogP) is 1.79. The first-order valence-electron chi connectivity index (χ1n) is 10.1. The molecule has 1 aliphatic rings. The molecule has 0 bridgehead atoms. The highest BCUT2D eigenvalue weighted by molar-refractivity contribution is 5.98. The number of esters is 1. The summed E-state index contributed by atoms with van der Waals surface area (Å²) in [6.07, 6.45) is 0.379. The van der Waals surface area contributed by atoms with Crippen molar-refractivity contribution < 1.29 is 23.9 Å². The fraction of sp³-hybridized carbons (Fsp3) is 0.304. The topological polar surface area (TPSA) is 105 Å². The lowest BCUT2D eigenvalue weighted by Gasteiger charge is -2.16. The summed E-state index contributed by atoms with van der Waals surface area (Å²) in [7, 11) is 0. The smallest absolute Gasteiger partial charge is 0.326 e. The molecule has 1 atom stereocenters. The molecule has 1 fully saturated rings. The van der Waals surface area contributed by atoms with Gasteiger partial charge in [0, 0.05) is 30.8 Å². The molecule has 0 radical (unpaired) electrons. The Hall–Kier alpha value is -3.68. The van der Waals surface area contributed by atoms with Crippen LogP contribution in [0.25, 0.3) is 0 Å². The number of anilines is 1. The molecule has 1 heterocycles. The summed E-state index contributed by atoms with van der Waals surface area (Å²) >= 11 is 0. The quantitative estimate of drug-likeness (QED) is 0.630. The van der Waals surface area contributed by atoms with Gasteiger partial charge in [0.05, 0.1) is 0 Å². The molecule has 2 N–H and O–H groups in total. The Kier molecular flexibility index (Phi) is 7.37. The lowest BCUT2D eigenvalue weighted by Crippen LogP contribution is -2.38. The van der Waals surface area contributed by atoms with E-state index >= 15 is 0 Å². The molecule has 0 aromatic heterocycles. The minimum absolute atomic E-state index is 0.0712. The summed E-state index contributed by atoms with van der Waals surface area (Å²) in [6.45, 7) is 2.12. The largest absolute Gasteiger partial charge is 0.451 e. The maximum absolute atomic E-state index is 12.2. The van der Waals surface area contributed by atoms with Gasteiger partial charge in [-0.3, -0.25) is 19.2 Å². The predicted molar refractivity (Wildman–Crippen MR) is 114 cm³/mol. The number of amides is 3. The first-order chi connectivity index (χ1) is 14.9. The zero-order valence-electron chi connectivity index (χ0n) is 17.3. The third-order valence-electron chi connectivity index (χ3n) is 4.89. The fourth-order valence-corrected chi connectivity index (χ4v) is 3.19. The van der Waals surface area contributed by atoms with E-state index in [4.69, 9.17) is 4.74 Å². The third-order valence-corrected chi connectivity index (χ3v) is 4.89. The number of nitrogens with zero attached hydrogens (tertiary/aromatic N) is 1. The maximum atomic E-state index is 12.2. The molecule has 31 heavy (non-hydrogen) atoms. The Morgan fingerprint density at radius 3 is 2.39 bits per heavy atom. The second-order valence-electron chi connectivity index (χ2n) is 7.21. The van der Waals surface area contributed by atoms with E-state index in [1.807, 2.05) is 30.3 Å². The van der Waals surface area contributed by atoms with Crippen LogP contribution in [-0.2, 0) is 25.7 Å². The summed E-state index contributed by atoms with van der Waals surface area (Å²) < 4.78 is 5.08. The second-order valence-corrected chi connectivity index (χ2v) is 7.21. The highest BCUT2D eigenvalue weighted by atomic mass is 16.5. The number of nitrogens with one attached hydrogen (secondary N) is 2.